The van der Waals surface area contributed by atoms with E-state index in [2.05, 4.69) is 35.8 Å². The van der Waals surface area contributed by atoms with Crippen LogP contribution in [0.1, 0.15) is 5.56 Å². The number of hydrogen-bond donors (Lipinski definition) is 2. The minimum absolute atomic E-state index is 0.710. The van der Waals surface area contributed by atoms with E-state index < -0.39 is 0 Å². The van der Waals surface area contributed by atoms with Gasteiger partial charge in [-0.1, -0.05) is 42.5 Å². The summed E-state index contributed by atoms with van der Waals surface area (Å²) in [5.41, 5.74) is 3.91. The highest BCUT2D eigenvalue weighted by Crippen LogP contribution is 2.17. The molecular formula is C11H12N2. The van der Waals surface area contributed by atoms with Crippen molar-refractivity contribution in [2.45, 2.75) is 6.54 Å². The molecule has 2 aromatic rings. The summed E-state index contributed by atoms with van der Waals surface area (Å²) in [5, 5.41) is 2.53. The van der Waals surface area contributed by atoms with Crippen LogP contribution in [0.3, 0.4) is 0 Å². The third kappa shape index (κ3) is 1.54. The molecule has 0 bridgehead atoms. The van der Waals surface area contributed by atoms with Crippen molar-refractivity contribution in [3.8, 4) is 0 Å². The first-order valence-electron chi connectivity index (χ1n) is 4.32. The van der Waals surface area contributed by atoms with Gasteiger partial charge in [0.15, 0.2) is 0 Å². The van der Waals surface area contributed by atoms with Gasteiger partial charge in [-0.05, 0) is 16.3 Å². The lowest BCUT2D eigenvalue weighted by Gasteiger charge is -2.04. The molecule has 0 aliphatic carbocycles. The molecule has 0 aromatic heterocycles. The smallest absolute Gasteiger partial charge is 0.0354 e. The Morgan fingerprint density at radius 2 is 1.77 bits per heavy atom. The van der Waals surface area contributed by atoms with Gasteiger partial charge in [0.05, 0.1) is 0 Å². The lowest BCUT2D eigenvalue weighted by molar-refractivity contribution is 0.745. The van der Waals surface area contributed by atoms with Crippen LogP contribution in [0.15, 0.2) is 42.5 Å². The highest BCUT2D eigenvalue weighted by molar-refractivity contribution is 5.85. The fourth-order valence-electron chi connectivity index (χ4n) is 1.56. The van der Waals surface area contributed by atoms with Crippen molar-refractivity contribution in [2.24, 2.45) is 5.84 Å². The van der Waals surface area contributed by atoms with E-state index >= 15 is 0 Å². The second-order valence-corrected chi connectivity index (χ2v) is 3.02. The average Bonchev–Trinajstić information content (AvgIpc) is 2.19. The van der Waals surface area contributed by atoms with E-state index in [0.717, 1.165) is 0 Å². The molecule has 2 nitrogen and oxygen atoms in total. The molecule has 0 aliphatic heterocycles. The summed E-state index contributed by atoms with van der Waals surface area (Å²) in [7, 11) is 0. The van der Waals surface area contributed by atoms with Gasteiger partial charge in [-0.3, -0.25) is 11.3 Å². The molecule has 2 rings (SSSR count). The van der Waals surface area contributed by atoms with E-state index in [1.807, 2.05) is 12.1 Å². The van der Waals surface area contributed by atoms with Gasteiger partial charge in [-0.15, -0.1) is 0 Å². The van der Waals surface area contributed by atoms with Gasteiger partial charge in [0.1, 0.15) is 0 Å². The molecule has 0 radical (unpaired) electrons. The fraction of sp³-hybridized carbons (Fsp3) is 0.0909. The molecule has 2 aromatic carbocycles. The maximum absolute atomic E-state index is 5.30. The van der Waals surface area contributed by atoms with Crippen LogP contribution in [0.25, 0.3) is 10.8 Å². The Morgan fingerprint density at radius 1 is 1.00 bits per heavy atom. The molecule has 66 valence electrons. The topological polar surface area (TPSA) is 38.0 Å². The monoisotopic (exact) mass is 172 g/mol. The summed E-state index contributed by atoms with van der Waals surface area (Å²) < 4.78 is 0. The molecule has 0 fully saturated rings. The SMILES string of the molecule is NNCc1cccc2ccccc12. The van der Waals surface area contributed by atoms with Gasteiger partial charge >= 0.3 is 0 Å². The molecule has 0 heterocycles. The van der Waals surface area contributed by atoms with Gasteiger partial charge in [0.25, 0.3) is 0 Å². The van der Waals surface area contributed by atoms with E-state index in [4.69, 9.17) is 5.84 Å². The molecule has 0 aliphatic rings. The lowest BCUT2D eigenvalue weighted by atomic mass is 10.1. The van der Waals surface area contributed by atoms with Crippen LogP contribution in [0, 0.1) is 0 Å². The molecule has 0 spiro atoms. The first-order valence-corrected chi connectivity index (χ1v) is 4.32. The van der Waals surface area contributed by atoms with Crippen LogP contribution in [-0.2, 0) is 6.54 Å². The maximum Gasteiger partial charge on any atom is 0.0354 e. The van der Waals surface area contributed by atoms with Crippen molar-refractivity contribution in [3.63, 3.8) is 0 Å². The standard InChI is InChI=1S/C11H12N2/c12-13-8-10-6-3-5-9-4-1-2-7-11(9)10/h1-7,13H,8,12H2. The Morgan fingerprint density at radius 3 is 2.62 bits per heavy atom. The number of benzene rings is 2. The Kier molecular flexibility index (Phi) is 2.25. The van der Waals surface area contributed by atoms with Gasteiger partial charge in [0.2, 0.25) is 0 Å². The average molecular weight is 172 g/mol. The summed E-state index contributed by atoms with van der Waals surface area (Å²) in [6, 6.07) is 14.5. The first kappa shape index (κ1) is 8.23. The Hall–Kier alpha value is -1.38. The Bertz CT molecular complexity index is 404. The van der Waals surface area contributed by atoms with Crippen LogP contribution in [0.4, 0.5) is 0 Å². The molecule has 13 heavy (non-hydrogen) atoms. The van der Waals surface area contributed by atoms with E-state index in [9.17, 15) is 0 Å². The summed E-state index contributed by atoms with van der Waals surface area (Å²) in [6.07, 6.45) is 0. The summed E-state index contributed by atoms with van der Waals surface area (Å²) in [6.45, 7) is 0.710. The second-order valence-electron chi connectivity index (χ2n) is 3.02. The predicted molar refractivity (Wildman–Crippen MR) is 55.0 cm³/mol. The molecule has 0 saturated carbocycles. The number of hydrazine groups is 1. The second kappa shape index (κ2) is 3.56. The van der Waals surface area contributed by atoms with E-state index in [0.29, 0.717) is 6.54 Å². The van der Waals surface area contributed by atoms with Crippen molar-refractivity contribution in [2.75, 3.05) is 0 Å². The Balaban J connectivity index is 2.61. The number of nitrogens with one attached hydrogen (secondary N) is 1. The van der Waals surface area contributed by atoms with Crippen molar-refractivity contribution in [3.05, 3.63) is 48.0 Å². The third-order valence-corrected chi connectivity index (χ3v) is 2.17. The number of fused-ring (bicyclic) bond motifs is 1. The largest absolute Gasteiger partial charge is 0.271 e. The van der Waals surface area contributed by atoms with Crippen LogP contribution < -0.4 is 11.3 Å². The van der Waals surface area contributed by atoms with Crippen LogP contribution in [0.5, 0.6) is 0 Å². The van der Waals surface area contributed by atoms with E-state index in [1.54, 1.807) is 0 Å². The number of hydrogen-bond acceptors (Lipinski definition) is 2. The van der Waals surface area contributed by atoms with Gasteiger partial charge in [-0.25, -0.2) is 0 Å². The highest BCUT2D eigenvalue weighted by Gasteiger charge is 1.97. The zero-order chi connectivity index (χ0) is 9.10. The summed E-state index contributed by atoms with van der Waals surface area (Å²) in [4.78, 5) is 0. The van der Waals surface area contributed by atoms with Crippen molar-refractivity contribution in [1.82, 2.24) is 5.43 Å². The quantitative estimate of drug-likeness (QED) is 0.535. The zero-order valence-corrected chi connectivity index (χ0v) is 7.33. The fourth-order valence-corrected chi connectivity index (χ4v) is 1.56. The van der Waals surface area contributed by atoms with Crippen molar-refractivity contribution in [1.29, 1.82) is 0 Å². The minimum atomic E-state index is 0.710. The van der Waals surface area contributed by atoms with Crippen LogP contribution in [-0.4, -0.2) is 0 Å². The van der Waals surface area contributed by atoms with E-state index in [-0.39, 0.29) is 0 Å². The van der Waals surface area contributed by atoms with Gasteiger partial charge in [-0.2, -0.15) is 0 Å². The molecule has 0 amide bonds. The normalized spacial score (nSPS) is 10.5. The van der Waals surface area contributed by atoms with Crippen molar-refractivity contribution < 1.29 is 0 Å². The molecule has 3 N–H and O–H groups in total. The van der Waals surface area contributed by atoms with E-state index in [1.165, 1.54) is 16.3 Å². The first-order chi connectivity index (χ1) is 6.42. The Labute approximate surface area is 77.3 Å². The number of rotatable bonds is 2. The molecular weight excluding hydrogens is 160 g/mol. The molecule has 0 saturated heterocycles. The number of nitrogens with two attached hydrogens (primary N) is 1. The van der Waals surface area contributed by atoms with Gasteiger partial charge in [0, 0.05) is 6.54 Å². The van der Waals surface area contributed by atoms with Crippen LogP contribution in [0.2, 0.25) is 0 Å². The maximum atomic E-state index is 5.30. The third-order valence-electron chi connectivity index (χ3n) is 2.17. The molecule has 2 heteroatoms. The highest BCUT2D eigenvalue weighted by atomic mass is 15.2. The predicted octanol–water partition coefficient (Wildman–Crippen LogP) is 1.80. The lowest BCUT2D eigenvalue weighted by Crippen LogP contribution is -2.20. The zero-order valence-electron chi connectivity index (χ0n) is 7.33. The summed E-state index contributed by atoms with van der Waals surface area (Å²) >= 11 is 0. The summed E-state index contributed by atoms with van der Waals surface area (Å²) in [5.74, 6) is 5.30. The van der Waals surface area contributed by atoms with Crippen molar-refractivity contribution >= 4 is 10.8 Å². The molecule has 0 unspecified atom stereocenters. The van der Waals surface area contributed by atoms with Crippen LogP contribution >= 0.6 is 0 Å². The molecule has 0 atom stereocenters. The van der Waals surface area contributed by atoms with Gasteiger partial charge < -0.3 is 0 Å². The minimum Gasteiger partial charge on any atom is -0.271 e.